The molecule has 2 aliphatic rings. The third kappa shape index (κ3) is 2.87. The van der Waals surface area contributed by atoms with Crippen molar-refractivity contribution >= 4 is 28.1 Å². The smallest absolute Gasteiger partial charge is 0.269 e. The predicted octanol–water partition coefficient (Wildman–Crippen LogP) is 5.34. The minimum absolute atomic E-state index is 0.0247. The largest absolute Gasteiger partial charge is 0.358 e. The first kappa shape index (κ1) is 18.5. The van der Waals surface area contributed by atoms with Crippen LogP contribution in [0.25, 0.3) is 10.9 Å². The van der Waals surface area contributed by atoms with Crippen molar-refractivity contribution in [3.63, 3.8) is 0 Å². The third-order valence-corrected chi connectivity index (χ3v) is 6.02. The number of anilines is 1. The molecule has 150 valence electrons. The summed E-state index contributed by atoms with van der Waals surface area (Å²) < 4.78 is 0. The SMILES string of the molecule is CC1(C)CC(=O)C2=C(C1)Nc1ccc3ncccc3c1C2c1cccc([N+](=O)[O-])c1. The van der Waals surface area contributed by atoms with E-state index in [0.717, 1.165) is 45.4 Å². The first-order chi connectivity index (χ1) is 14.3. The fraction of sp³-hybridized carbons (Fsp3) is 0.250. The summed E-state index contributed by atoms with van der Waals surface area (Å²) in [6.45, 7) is 4.19. The zero-order valence-electron chi connectivity index (χ0n) is 16.8. The summed E-state index contributed by atoms with van der Waals surface area (Å²) in [5.41, 5.74) is 5.00. The van der Waals surface area contributed by atoms with Gasteiger partial charge in [-0.1, -0.05) is 32.0 Å². The molecular weight excluding hydrogens is 378 g/mol. The standard InChI is InChI=1S/C24H21N3O3/c1-24(2)12-19-23(20(28)13-24)21(14-5-3-6-15(11-14)27(29)30)22-16-7-4-10-25-17(16)8-9-18(22)26-19/h3-11,21,26H,12-13H2,1-2H3. The number of nitro groups is 1. The van der Waals surface area contributed by atoms with Crippen LogP contribution in [0.3, 0.4) is 0 Å². The van der Waals surface area contributed by atoms with Gasteiger partial charge < -0.3 is 5.32 Å². The van der Waals surface area contributed by atoms with Crippen molar-refractivity contribution in [3.8, 4) is 0 Å². The number of nitrogens with zero attached hydrogens (tertiary/aromatic N) is 2. The lowest BCUT2D eigenvalue weighted by atomic mass is 9.68. The quantitative estimate of drug-likeness (QED) is 0.464. The van der Waals surface area contributed by atoms with E-state index >= 15 is 0 Å². The number of non-ortho nitro benzene ring substituents is 1. The number of Topliss-reactive ketones (excluding diaryl/α,β-unsaturated/α-hetero) is 1. The average molecular weight is 399 g/mol. The molecule has 5 rings (SSSR count). The van der Waals surface area contributed by atoms with Gasteiger partial charge in [-0.25, -0.2) is 0 Å². The number of aromatic nitrogens is 1. The van der Waals surface area contributed by atoms with E-state index in [4.69, 9.17) is 0 Å². The number of nitrogens with one attached hydrogen (secondary N) is 1. The molecule has 6 heteroatoms. The number of hydrogen-bond acceptors (Lipinski definition) is 5. The van der Waals surface area contributed by atoms with E-state index in [9.17, 15) is 14.9 Å². The highest BCUT2D eigenvalue weighted by Gasteiger charge is 2.41. The van der Waals surface area contributed by atoms with Gasteiger partial charge in [0.2, 0.25) is 0 Å². The second-order valence-electron chi connectivity index (χ2n) is 8.84. The van der Waals surface area contributed by atoms with Gasteiger partial charge in [0, 0.05) is 53.0 Å². The van der Waals surface area contributed by atoms with E-state index in [1.54, 1.807) is 18.3 Å². The van der Waals surface area contributed by atoms with Crippen molar-refractivity contribution in [2.45, 2.75) is 32.6 Å². The van der Waals surface area contributed by atoms with E-state index in [-0.39, 0.29) is 22.8 Å². The van der Waals surface area contributed by atoms with Crippen LogP contribution >= 0.6 is 0 Å². The molecule has 0 saturated carbocycles. The third-order valence-electron chi connectivity index (χ3n) is 6.02. The Hall–Kier alpha value is -3.54. The van der Waals surface area contributed by atoms with Crippen LogP contribution in [0.4, 0.5) is 11.4 Å². The first-order valence-electron chi connectivity index (χ1n) is 9.99. The summed E-state index contributed by atoms with van der Waals surface area (Å²) in [5, 5.41) is 15.9. The van der Waals surface area contributed by atoms with E-state index in [0.29, 0.717) is 6.42 Å². The lowest BCUT2D eigenvalue weighted by Gasteiger charge is -2.39. The summed E-state index contributed by atoms with van der Waals surface area (Å²) >= 11 is 0. The van der Waals surface area contributed by atoms with Gasteiger partial charge in [0.05, 0.1) is 10.4 Å². The van der Waals surface area contributed by atoms with Crippen LogP contribution in [0.1, 0.15) is 43.7 Å². The molecule has 2 aromatic carbocycles. The van der Waals surface area contributed by atoms with Gasteiger partial charge in [0.15, 0.2) is 5.78 Å². The maximum Gasteiger partial charge on any atom is 0.269 e. The fourth-order valence-electron chi connectivity index (χ4n) is 4.83. The molecule has 0 fully saturated rings. The highest BCUT2D eigenvalue weighted by molar-refractivity contribution is 6.04. The second-order valence-corrected chi connectivity index (χ2v) is 8.84. The van der Waals surface area contributed by atoms with E-state index in [1.807, 2.05) is 30.3 Å². The molecule has 1 aliphatic heterocycles. The van der Waals surface area contributed by atoms with Gasteiger partial charge in [-0.15, -0.1) is 0 Å². The highest BCUT2D eigenvalue weighted by Crippen LogP contribution is 2.50. The van der Waals surface area contributed by atoms with Crippen molar-refractivity contribution in [1.82, 2.24) is 4.98 Å². The number of fused-ring (bicyclic) bond motifs is 3. The molecule has 1 atom stereocenters. The summed E-state index contributed by atoms with van der Waals surface area (Å²) in [4.78, 5) is 28.9. The van der Waals surface area contributed by atoms with Crippen LogP contribution in [-0.2, 0) is 4.79 Å². The van der Waals surface area contributed by atoms with Crippen LogP contribution in [0.5, 0.6) is 0 Å². The molecule has 0 bridgehead atoms. The number of ketones is 1. The van der Waals surface area contributed by atoms with Gasteiger partial charge in [0.1, 0.15) is 0 Å². The molecule has 0 spiro atoms. The Morgan fingerprint density at radius 2 is 1.97 bits per heavy atom. The Balaban J connectivity index is 1.82. The molecule has 0 saturated heterocycles. The average Bonchev–Trinajstić information content (AvgIpc) is 2.71. The molecule has 0 radical (unpaired) electrons. The lowest BCUT2D eigenvalue weighted by Crippen LogP contribution is -2.33. The van der Waals surface area contributed by atoms with Gasteiger partial charge in [-0.05, 0) is 41.2 Å². The Kier molecular flexibility index (Phi) is 4.00. The monoisotopic (exact) mass is 399 g/mol. The Morgan fingerprint density at radius 3 is 2.77 bits per heavy atom. The van der Waals surface area contributed by atoms with Gasteiger partial charge in [-0.2, -0.15) is 0 Å². The zero-order chi connectivity index (χ0) is 21.0. The van der Waals surface area contributed by atoms with Crippen LogP contribution in [0.2, 0.25) is 0 Å². The molecule has 1 N–H and O–H groups in total. The number of rotatable bonds is 2. The lowest BCUT2D eigenvalue weighted by molar-refractivity contribution is -0.384. The summed E-state index contributed by atoms with van der Waals surface area (Å²) in [5.74, 6) is -0.274. The minimum atomic E-state index is -0.392. The van der Waals surface area contributed by atoms with E-state index < -0.39 is 4.92 Å². The molecule has 1 aliphatic carbocycles. The zero-order valence-corrected chi connectivity index (χ0v) is 16.8. The van der Waals surface area contributed by atoms with Crippen molar-refractivity contribution in [2.75, 3.05) is 5.32 Å². The van der Waals surface area contributed by atoms with Crippen molar-refractivity contribution in [1.29, 1.82) is 0 Å². The molecular formula is C24H21N3O3. The molecule has 3 aromatic rings. The molecule has 1 unspecified atom stereocenters. The van der Waals surface area contributed by atoms with Crippen LogP contribution in [0.15, 0.2) is 66.0 Å². The van der Waals surface area contributed by atoms with E-state index in [1.165, 1.54) is 6.07 Å². The van der Waals surface area contributed by atoms with Gasteiger partial charge >= 0.3 is 0 Å². The summed E-state index contributed by atoms with van der Waals surface area (Å²) in [6.07, 6.45) is 2.95. The molecule has 2 heterocycles. The topological polar surface area (TPSA) is 85.1 Å². The number of nitro benzene ring substituents is 1. The predicted molar refractivity (Wildman–Crippen MR) is 115 cm³/mol. The first-order valence-corrected chi connectivity index (χ1v) is 9.99. The maximum absolute atomic E-state index is 13.3. The maximum atomic E-state index is 13.3. The van der Waals surface area contributed by atoms with Crippen LogP contribution in [0, 0.1) is 15.5 Å². The minimum Gasteiger partial charge on any atom is -0.358 e. The second kappa shape index (κ2) is 6.49. The number of benzene rings is 2. The summed E-state index contributed by atoms with van der Waals surface area (Å²) in [6, 6.07) is 14.5. The molecule has 0 amide bonds. The van der Waals surface area contributed by atoms with Crippen molar-refractivity contribution < 1.29 is 9.72 Å². The van der Waals surface area contributed by atoms with Crippen molar-refractivity contribution in [2.24, 2.45) is 5.41 Å². The molecule has 1 aromatic heterocycles. The molecule has 30 heavy (non-hydrogen) atoms. The van der Waals surface area contributed by atoms with E-state index in [2.05, 4.69) is 24.1 Å². The Bertz CT molecular complexity index is 1260. The van der Waals surface area contributed by atoms with Gasteiger partial charge in [0.25, 0.3) is 5.69 Å². The van der Waals surface area contributed by atoms with Crippen molar-refractivity contribution in [3.05, 3.63) is 87.2 Å². The fourth-order valence-corrected chi connectivity index (χ4v) is 4.83. The Labute approximate surface area is 173 Å². The molecule has 6 nitrogen and oxygen atoms in total. The number of carbonyl (C=O) groups is 1. The summed E-state index contributed by atoms with van der Waals surface area (Å²) in [7, 11) is 0. The van der Waals surface area contributed by atoms with Gasteiger partial charge in [-0.3, -0.25) is 19.9 Å². The number of allylic oxidation sites excluding steroid dienone is 2. The number of hydrogen-bond donors (Lipinski definition) is 1. The van der Waals surface area contributed by atoms with Crippen LogP contribution < -0.4 is 5.32 Å². The number of carbonyl (C=O) groups excluding carboxylic acids is 1. The normalized spacial score (nSPS) is 19.8. The Morgan fingerprint density at radius 1 is 1.13 bits per heavy atom. The number of pyridine rings is 1. The van der Waals surface area contributed by atoms with Crippen LogP contribution in [-0.4, -0.2) is 15.7 Å². The highest BCUT2D eigenvalue weighted by atomic mass is 16.6.